The Morgan fingerprint density at radius 1 is 1.39 bits per heavy atom. The summed E-state index contributed by atoms with van der Waals surface area (Å²) in [5.41, 5.74) is 0.702. The molecule has 0 aliphatic carbocycles. The lowest BCUT2D eigenvalue weighted by molar-refractivity contribution is -0.137. The van der Waals surface area contributed by atoms with Gasteiger partial charge in [-0.25, -0.2) is 0 Å². The lowest BCUT2D eigenvalue weighted by Crippen LogP contribution is -2.42. The summed E-state index contributed by atoms with van der Waals surface area (Å²) in [6.07, 6.45) is 0.647. The molecule has 3 N–H and O–H groups in total. The van der Waals surface area contributed by atoms with E-state index in [0.717, 1.165) is 0 Å². The monoisotopic (exact) mass is 323 g/mol. The maximum atomic E-state index is 12.1. The molecular weight excluding hydrogens is 302 g/mol. The molecule has 1 heterocycles. The minimum atomic E-state index is -0.860. The summed E-state index contributed by atoms with van der Waals surface area (Å²) in [4.78, 5) is 22.6. The fraction of sp³-hybridized carbons (Fsp3) is 0.500. The Hall–Kier alpha value is -2.28. The van der Waals surface area contributed by atoms with Gasteiger partial charge in [-0.2, -0.15) is 0 Å². The molecule has 126 valence electrons. The summed E-state index contributed by atoms with van der Waals surface area (Å²) in [6.45, 7) is 0.285. The van der Waals surface area contributed by atoms with Gasteiger partial charge in [0.2, 0.25) is 5.91 Å². The zero-order chi connectivity index (χ0) is 16.8. The number of ether oxygens (including phenoxy) is 2. The van der Waals surface area contributed by atoms with Gasteiger partial charge < -0.3 is 25.0 Å². The molecule has 1 fully saturated rings. The summed E-state index contributed by atoms with van der Waals surface area (Å²) < 4.78 is 10.9. The molecule has 2 rings (SSSR count). The minimum absolute atomic E-state index is 0.0476. The Kier molecular flexibility index (Phi) is 5.81. The molecule has 7 heteroatoms. The number of piperidine rings is 1. The number of nitrogens with one attached hydrogen (secondary N) is 1. The maximum absolute atomic E-state index is 12.1. The summed E-state index contributed by atoms with van der Waals surface area (Å²) in [5.74, 6) is -0.369. The highest BCUT2D eigenvalue weighted by molar-refractivity contribution is 5.85. The topological polar surface area (TPSA) is 105 Å². The molecule has 23 heavy (non-hydrogen) atoms. The number of carboxylic acids is 1. The number of hydrogen-bond donors (Lipinski definition) is 3. The number of aliphatic hydroxyl groups is 1. The number of carbonyl (C=O) groups excluding carboxylic acids is 1. The maximum Gasteiger partial charge on any atom is 0.303 e. The standard InChI is InChI=1S/C16H21NO6/c1-22-13-6-4-10(23-8-2-3-15(19)20)9-12(13)11-5-7-14(18)17-16(11)21/h4,6,9,11,14,18H,2-3,5,7-8H2,1H3,(H,17,21)(H,19,20). The number of methoxy groups -OCH3 is 1. The van der Waals surface area contributed by atoms with Crippen LogP contribution in [0.4, 0.5) is 0 Å². The van der Waals surface area contributed by atoms with E-state index in [4.69, 9.17) is 14.6 Å². The van der Waals surface area contributed by atoms with Gasteiger partial charge in [-0.15, -0.1) is 0 Å². The quantitative estimate of drug-likeness (QED) is 0.652. The van der Waals surface area contributed by atoms with Crippen LogP contribution in [0.2, 0.25) is 0 Å². The second-order valence-electron chi connectivity index (χ2n) is 5.40. The van der Waals surface area contributed by atoms with Crippen LogP contribution in [0.3, 0.4) is 0 Å². The first-order valence-electron chi connectivity index (χ1n) is 7.52. The number of benzene rings is 1. The van der Waals surface area contributed by atoms with Crippen molar-refractivity contribution in [3.05, 3.63) is 23.8 Å². The predicted molar refractivity (Wildman–Crippen MR) is 81.5 cm³/mol. The number of carbonyl (C=O) groups is 2. The van der Waals surface area contributed by atoms with Gasteiger partial charge in [0.05, 0.1) is 19.6 Å². The molecule has 1 aliphatic heterocycles. The largest absolute Gasteiger partial charge is 0.496 e. The van der Waals surface area contributed by atoms with E-state index in [1.807, 2.05) is 0 Å². The van der Waals surface area contributed by atoms with Gasteiger partial charge in [0, 0.05) is 12.0 Å². The second kappa shape index (κ2) is 7.82. The number of carboxylic acid groups (broad SMARTS) is 1. The highest BCUT2D eigenvalue weighted by atomic mass is 16.5. The van der Waals surface area contributed by atoms with Crippen molar-refractivity contribution in [3.63, 3.8) is 0 Å². The zero-order valence-corrected chi connectivity index (χ0v) is 12.9. The SMILES string of the molecule is COc1ccc(OCCCC(=O)O)cc1C1CCC(O)NC1=O. The molecule has 1 amide bonds. The van der Waals surface area contributed by atoms with Crippen molar-refractivity contribution in [2.24, 2.45) is 0 Å². The number of aliphatic hydroxyl groups excluding tert-OH is 1. The summed E-state index contributed by atoms with van der Waals surface area (Å²) >= 11 is 0. The third-order valence-corrected chi connectivity index (χ3v) is 3.73. The average Bonchev–Trinajstić information content (AvgIpc) is 2.51. The van der Waals surface area contributed by atoms with Crippen molar-refractivity contribution in [3.8, 4) is 11.5 Å². The summed E-state index contributed by atoms with van der Waals surface area (Å²) in [6, 6.07) is 5.18. The zero-order valence-electron chi connectivity index (χ0n) is 12.9. The molecule has 1 aromatic carbocycles. The molecule has 2 unspecified atom stereocenters. The molecule has 1 aliphatic rings. The first-order chi connectivity index (χ1) is 11.0. The van der Waals surface area contributed by atoms with E-state index < -0.39 is 18.1 Å². The van der Waals surface area contributed by atoms with E-state index in [0.29, 0.717) is 36.3 Å². The Labute approximate surface area is 134 Å². The van der Waals surface area contributed by atoms with E-state index in [1.165, 1.54) is 7.11 Å². The van der Waals surface area contributed by atoms with Crippen LogP contribution in [0.15, 0.2) is 18.2 Å². The first kappa shape index (κ1) is 17.1. The Morgan fingerprint density at radius 2 is 2.17 bits per heavy atom. The third kappa shape index (κ3) is 4.59. The molecule has 0 bridgehead atoms. The lowest BCUT2D eigenvalue weighted by atomic mass is 9.89. The normalized spacial score (nSPS) is 20.7. The molecular formula is C16H21NO6. The number of hydrogen-bond acceptors (Lipinski definition) is 5. The van der Waals surface area contributed by atoms with Gasteiger partial charge in [0.1, 0.15) is 17.7 Å². The Bertz CT molecular complexity index is 574. The molecule has 7 nitrogen and oxygen atoms in total. The van der Waals surface area contributed by atoms with E-state index in [2.05, 4.69) is 5.32 Å². The van der Waals surface area contributed by atoms with Gasteiger partial charge >= 0.3 is 5.97 Å². The van der Waals surface area contributed by atoms with Crippen LogP contribution in [0, 0.1) is 0 Å². The molecule has 0 spiro atoms. The first-order valence-corrected chi connectivity index (χ1v) is 7.52. The molecule has 0 saturated carbocycles. The second-order valence-corrected chi connectivity index (χ2v) is 5.40. The molecule has 1 aromatic rings. The van der Waals surface area contributed by atoms with Crippen LogP contribution >= 0.6 is 0 Å². The van der Waals surface area contributed by atoms with Crippen molar-refractivity contribution < 1.29 is 29.3 Å². The van der Waals surface area contributed by atoms with Gasteiger partial charge in [-0.1, -0.05) is 0 Å². The highest BCUT2D eigenvalue weighted by Gasteiger charge is 2.30. The van der Waals surface area contributed by atoms with Crippen LogP contribution in [0.5, 0.6) is 11.5 Å². The van der Waals surface area contributed by atoms with E-state index in [1.54, 1.807) is 18.2 Å². The summed E-state index contributed by atoms with van der Waals surface area (Å²) in [5, 5.41) is 20.6. The third-order valence-electron chi connectivity index (χ3n) is 3.73. The highest BCUT2D eigenvalue weighted by Crippen LogP contribution is 2.35. The fourth-order valence-corrected chi connectivity index (χ4v) is 2.58. The number of rotatable bonds is 7. The number of aliphatic carboxylic acids is 1. The summed E-state index contributed by atoms with van der Waals surface area (Å²) in [7, 11) is 1.53. The van der Waals surface area contributed by atoms with Crippen LogP contribution in [-0.4, -0.2) is 42.0 Å². The van der Waals surface area contributed by atoms with Crippen LogP contribution in [0.25, 0.3) is 0 Å². The minimum Gasteiger partial charge on any atom is -0.496 e. The van der Waals surface area contributed by atoms with Crippen molar-refractivity contribution in [1.82, 2.24) is 5.32 Å². The molecule has 1 saturated heterocycles. The molecule has 0 radical (unpaired) electrons. The van der Waals surface area contributed by atoms with Gasteiger partial charge in [0.15, 0.2) is 0 Å². The Morgan fingerprint density at radius 3 is 2.83 bits per heavy atom. The predicted octanol–water partition coefficient (Wildman–Crippen LogP) is 1.25. The fourth-order valence-electron chi connectivity index (χ4n) is 2.58. The van der Waals surface area contributed by atoms with Crippen molar-refractivity contribution in [1.29, 1.82) is 0 Å². The molecule has 0 aromatic heterocycles. The van der Waals surface area contributed by atoms with Crippen molar-refractivity contribution >= 4 is 11.9 Å². The molecule has 2 atom stereocenters. The van der Waals surface area contributed by atoms with Crippen LogP contribution in [0.1, 0.15) is 37.2 Å². The van der Waals surface area contributed by atoms with E-state index in [-0.39, 0.29) is 18.9 Å². The van der Waals surface area contributed by atoms with Crippen molar-refractivity contribution in [2.75, 3.05) is 13.7 Å². The van der Waals surface area contributed by atoms with Gasteiger partial charge in [-0.3, -0.25) is 9.59 Å². The Balaban J connectivity index is 2.09. The van der Waals surface area contributed by atoms with Crippen molar-refractivity contribution in [2.45, 2.75) is 37.8 Å². The van der Waals surface area contributed by atoms with Gasteiger partial charge in [0.25, 0.3) is 0 Å². The smallest absolute Gasteiger partial charge is 0.303 e. The lowest BCUT2D eigenvalue weighted by Gasteiger charge is -2.27. The van der Waals surface area contributed by atoms with E-state index >= 15 is 0 Å². The number of amides is 1. The van der Waals surface area contributed by atoms with Gasteiger partial charge in [-0.05, 0) is 37.5 Å². The van der Waals surface area contributed by atoms with Crippen LogP contribution < -0.4 is 14.8 Å². The van der Waals surface area contributed by atoms with Crippen LogP contribution in [-0.2, 0) is 9.59 Å². The average molecular weight is 323 g/mol. The van der Waals surface area contributed by atoms with E-state index in [9.17, 15) is 14.7 Å².